The molecule has 0 saturated heterocycles. The van der Waals surface area contributed by atoms with E-state index in [1.807, 2.05) is 0 Å². The van der Waals surface area contributed by atoms with Crippen LogP contribution < -0.4 is 15.8 Å². The van der Waals surface area contributed by atoms with Gasteiger partial charge >= 0.3 is 6.18 Å². The Labute approximate surface area is 114 Å². The van der Waals surface area contributed by atoms with Gasteiger partial charge in [-0.1, -0.05) is 0 Å². The molecule has 0 bridgehead atoms. The summed E-state index contributed by atoms with van der Waals surface area (Å²) < 4.78 is 41.9. The van der Waals surface area contributed by atoms with Crippen LogP contribution in [0.2, 0.25) is 0 Å². The normalized spacial score (nSPS) is 10.5. The predicted octanol–water partition coefficient (Wildman–Crippen LogP) is 1.58. The van der Waals surface area contributed by atoms with Gasteiger partial charge in [0.2, 0.25) is 5.91 Å². The molecule has 0 aliphatic rings. The van der Waals surface area contributed by atoms with E-state index < -0.39 is 11.7 Å². The second-order valence-corrected chi connectivity index (χ2v) is 3.42. The van der Waals surface area contributed by atoms with E-state index in [1.54, 1.807) is 0 Å². The Morgan fingerprint density at radius 1 is 1.26 bits per heavy atom. The van der Waals surface area contributed by atoms with Gasteiger partial charge in [-0.3, -0.25) is 4.79 Å². The lowest BCUT2D eigenvalue weighted by Gasteiger charge is -2.09. The first-order valence-corrected chi connectivity index (χ1v) is 5.20. The number of carbonyl (C=O) groups is 1. The topological polar surface area (TPSA) is 64.4 Å². The van der Waals surface area contributed by atoms with Crippen molar-refractivity contribution in [2.75, 3.05) is 19.7 Å². The third kappa shape index (κ3) is 6.30. The van der Waals surface area contributed by atoms with E-state index in [2.05, 4.69) is 5.32 Å². The highest BCUT2D eigenvalue weighted by Crippen LogP contribution is 2.30. The van der Waals surface area contributed by atoms with Gasteiger partial charge in [0.25, 0.3) is 0 Å². The zero-order valence-corrected chi connectivity index (χ0v) is 10.7. The molecule has 0 radical (unpaired) electrons. The number of alkyl halides is 3. The molecule has 0 atom stereocenters. The predicted molar refractivity (Wildman–Crippen MR) is 66.3 cm³/mol. The minimum atomic E-state index is -4.35. The first-order valence-electron chi connectivity index (χ1n) is 5.20. The van der Waals surface area contributed by atoms with Crippen molar-refractivity contribution in [3.63, 3.8) is 0 Å². The van der Waals surface area contributed by atoms with Gasteiger partial charge in [-0.25, -0.2) is 0 Å². The van der Waals surface area contributed by atoms with Crippen LogP contribution in [0.3, 0.4) is 0 Å². The summed E-state index contributed by atoms with van der Waals surface area (Å²) in [6, 6.07) is 4.34. The van der Waals surface area contributed by atoms with Crippen LogP contribution in [-0.4, -0.2) is 25.6 Å². The lowest BCUT2D eigenvalue weighted by atomic mass is 10.2. The number of benzene rings is 1. The number of nitrogens with two attached hydrogens (primary N) is 1. The number of ether oxygens (including phenoxy) is 1. The molecular weight excluding hydrogens is 285 g/mol. The quantitative estimate of drug-likeness (QED) is 0.811. The van der Waals surface area contributed by atoms with E-state index in [1.165, 1.54) is 12.1 Å². The van der Waals surface area contributed by atoms with Crippen molar-refractivity contribution in [1.29, 1.82) is 0 Å². The van der Waals surface area contributed by atoms with E-state index >= 15 is 0 Å². The maximum atomic E-state index is 12.3. The van der Waals surface area contributed by atoms with Crippen molar-refractivity contribution < 1.29 is 22.7 Å². The highest BCUT2D eigenvalue weighted by atomic mass is 35.5. The molecule has 4 nitrogen and oxygen atoms in total. The SMILES string of the molecule is Cl.NCC(=O)NCCOc1ccc(C(F)(F)F)cc1. The Hall–Kier alpha value is -1.47. The van der Waals surface area contributed by atoms with Crippen LogP contribution in [0.25, 0.3) is 0 Å². The van der Waals surface area contributed by atoms with Crippen molar-refractivity contribution in [2.24, 2.45) is 5.73 Å². The third-order valence-electron chi connectivity index (χ3n) is 2.06. The van der Waals surface area contributed by atoms with Crippen LogP contribution in [0.15, 0.2) is 24.3 Å². The fourth-order valence-electron chi connectivity index (χ4n) is 1.17. The summed E-state index contributed by atoms with van der Waals surface area (Å²) >= 11 is 0. The maximum absolute atomic E-state index is 12.3. The molecule has 0 saturated carbocycles. The molecule has 0 aliphatic heterocycles. The van der Waals surface area contributed by atoms with Gasteiger partial charge in [-0.15, -0.1) is 12.4 Å². The number of rotatable bonds is 5. The molecule has 0 spiro atoms. The number of hydrogen-bond donors (Lipinski definition) is 2. The minimum absolute atomic E-state index is 0. The molecule has 1 amide bonds. The molecule has 3 N–H and O–H groups in total. The highest BCUT2D eigenvalue weighted by molar-refractivity contribution is 5.85. The smallest absolute Gasteiger partial charge is 0.416 e. The fraction of sp³-hybridized carbons (Fsp3) is 0.364. The van der Waals surface area contributed by atoms with Gasteiger partial charge in [0.05, 0.1) is 18.7 Å². The molecular formula is C11H14ClF3N2O2. The number of amides is 1. The summed E-state index contributed by atoms with van der Waals surface area (Å²) in [6.45, 7) is 0.300. The van der Waals surface area contributed by atoms with Gasteiger partial charge in [-0.2, -0.15) is 13.2 Å². The molecule has 1 aromatic carbocycles. The second-order valence-electron chi connectivity index (χ2n) is 3.42. The van der Waals surface area contributed by atoms with Crippen LogP contribution >= 0.6 is 12.4 Å². The Bertz CT molecular complexity index is 396. The van der Waals surface area contributed by atoms with Crippen molar-refractivity contribution in [2.45, 2.75) is 6.18 Å². The van der Waals surface area contributed by atoms with Crippen LogP contribution in [0, 0.1) is 0 Å². The number of hydrogen-bond acceptors (Lipinski definition) is 3. The summed E-state index contributed by atoms with van der Waals surface area (Å²) in [5, 5.41) is 2.47. The zero-order chi connectivity index (χ0) is 13.6. The molecule has 0 aliphatic carbocycles. The second kappa shape index (κ2) is 7.85. The fourth-order valence-corrected chi connectivity index (χ4v) is 1.17. The van der Waals surface area contributed by atoms with Crippen LogP contribution in [-0.2, 0) is 11.0 Å². The van der Waals surface area contributed by atoms with E-state index in [-0.39, 0.29) is 38.0 Å². The van der Waals surface area contributed by atoms with Gasteiger partial charge in [0.15, 0.2) is 0 Å². The Kier molecular flexibility index (Phi) is 7.25. The molecule has 0 aromatic heterocycles. The molecule has 0 unspecified atom stereocenters. The lowest BCUT2D eigenvalue weighted by molar-refractivity contribution is -0.137. The Morgan fingerprint density at radius 3 is 2.32 bits per heavy atom. The Balaban J connectivity index is 0.00000324. The summed E-state index contributed by atoms with van der Waals surface area (Å²) in [5.41, 5.74) is 4.33. The molecule has 1 rings (SSSR count). The monoisotopic (exact) mass is 298 g/mol. The van der Waals surface area contributed by atoms with Gasteiger partial charge in [0, 0.05) is 0 Å². The first kappa shape index (κ1) is 17.5. The molecule has 108 valence electrons. The highest BCUT2D eigenvalue weighted by Gasteiger charge is 2.29. The van der Waals surface area contributed by atoms with Crippen LogP contribution in [0.4, 0.5) is 13.2 Å². The molecule has 0 heterocycles. The van der Waals surface area contributed by atoms with Crippen LogP contribution in [0.1, 0.15) is 5.56 Å². The largest absolute Gasteiger partial charge is 0.492 e. The van der Waals surface area contributed by atoms with E-state index in [0.29, 0.717) is 5.75 Å². The molecule has 19 heavy (non-hydrogen) atoms. The third-order valence-corrected chi connectivity index (χ3v) is 2.06. The van der Waals surface area contributed by atoms with Crippen molar-refractivity contribution in [1.82, 2.24) is 5.32 Å². The molecule has 0 fully saturated rings. The number of halogens is 4. The standard InChI is InChI=1S/C11H13F3N2O2.ClH/c12-11(13,14)8-1-3-9(4-2-8)18-6-5-16-10(17)7-15;/h1-4H,5-7,15H2,(H,16,17);1H. The van der Waals surface area contributed by atoms with Crippen molar-refractivity contribution in [3.8, 4) is 5.75 Å². The Morgan fingerprint density at radius 2 is 1.84 bits per heavy atom. The molecule has 8 heteroatoms. The lowest BCUT2D eigenvalue weighted by Crippen LogP contribution is -2.33. The minimum Gasteiger partial charge on any atom is -0.492 e. The van der Waals surface area contributed by atoms with E-state index in [0.717, 1.165) is 12.1 Å². The summed E-state index contributed by atoms with van der Waals surface area (Å²) in [5.74, 6) is -0.00369. The van der Waals surface area contributed by atoms with E-state index in [4.69, 9.17) is 10.5 Å². The van der Waals surface area contributed by atoms with Gasteiger partial charge in [0.1, 0.15) is 12.4 Å². The number of nitrogens with one attached hydrogen (secondary N) is 1. The maximum Gasteiger partial charge on any atom is 0.416 e. The van der Waals surface area contributed by atoms with Crippen molar-refractivity contribution in [3.05, 3.63) is 29.8 Å². The number of carbonyl (C=O) groups excluding carboxylic acids is 1. The summed E-state index contributed by atoms with van der Waals surface area (Å²) in [4.78, 5) is 10.8. The summed E-state index contributed by atoms with van der Waals surface area (Å²) in [7, 11) is 0. The zero-order valence-electron chi connectivity index (χ0n) is 9.87. The van der Waals surface area contributed by atoms with Crippen LogP contribution in [0.5, 0.6) is 5.75 Å². The van der Waals surface area contributed by atoms with Gasteiger partial charge in [-0.05, 0) is 24.3 Å². The average Bonchev–Trinajstić information content (AvgIpc) is 2.33. The van der Waals surface area contributed by atoms with Gasteiger partial charge < -0.3 is 15.8 Å². The average molecular weight is 299 g/mol. The van der Waals surface area contributed by atoms with Crippen molar-refractivity contribution >= 4 is 18.3 Å². The first-order chi connectivity index (χ1) is 8.43. The van der Waals surface area contributed by atoms with E-state index in [9.17, 15) is 18.0 Å². The summed E-state index contributed by atoms with van der Waals surface area (Å²) in [6.07, 6.45) is -4.35. The molecule has 1 aromatic rings.